The summed E-state index contributed by atoms with van der Waals surface area (Å²) in [5.41, 5.74) is 4.85. The molecule has 1 saturated heterocycles. The van der Waals surface area contributed by atoms with Crippen molar-refractivity contribution in [2.24, 2.45) is 0 Å². The predicted octanol–water partition coefficient (Wildman–Crippen LogP) is 4.21. The molecule has 0 aliphatic carbocycles. The molecule has 1 fully saturated rings. The molecule has 0 radical (unpaired) electrons. The Balaban J connectivity index is 1.51. The number of benzene rings is 2. The third-order valence-corrected chi connectivity index (χ3v) is 5.66. The third-order valence-electron chi connectivity index (χ3n) is 5.66. The summed E-state index contributed by atoms with van der Waals surface area (Å²) in [6, 6.07) is 20.1. The number of fused-ring (bicyclic) bond motifs is 2. The number of hydrogen-bond donors (Lipinski definition) is 0. The van der Waals surface area contributed by atoms with Gasteiger partial charge in [0.15, 0.2) is 0 Å². The summed E-state index contributed by atoms with van der Waals surface area (Å²) in [6.07, 6.45) is 6.08. The topological polar surface area (TPSA) is 23.6 Å². The van der Waals surface area contributed by atoms with Crippen molar-refractivity contribution < 1.29 is 4.79 Å². The molecule has 2 aliphatic heterocycles. The van der Waals surface area contributed by atoms with E-state index in [0.29, 0.717) is 12.1 Å². The van der Waals surface area contributed by atoms with E-state index < -0.39 is 0 Å². The number of hydrogen-bond acceptors (Lipinski definition) is 2. The Morgan fingerprint density at radius 1 is 1.04 bits per heavy atom. The van der Waals surface area contributed by atoms with E-state index in [1.807, 2.05) is 12.1 Å². The minimum atomic E-state index is 0.0586. The molecule has 0 aromatic heterocycles. The molecule has 2 heterocycles. The Morgan fingerprint density at radius 2 is 1.77 bits per heavy atom. The van der Waals surface area contributed by atoms with Crippen LogP contribution < -0.4 is 0 Å². The van der Waals surface area contributed by atoms with Gasteiger partial charge < -0.3 is 4.90 Å². The molecule has 2 aromatic carbocycles. The van der Waals surface area contributed by atoms with Gasteiger partial charge in [-0.25, -0.2) is 0 Å². The fourth-order valence-electron chi connectivity index (χ4n) is 4.26. The van der Waals surface area contributed by atoms with Gasteiger partial charge in [0.05, 0.1) is 0 Å². The van der Waals surface area contributed by atoms with Crippen LogP contribution in [0.2, 0.25) is 0 Å². The molecule has 1 amide bonds. The Morgan fingerprint density at radius 3 is 2.42 bits per heavy atom. The van der Waals surface area contributed by atoms with Gasteiger partial charge in [-0.15, -0.1) is 0 Å². The van der Waals surface area contributed by atoms with Gasteiger partial charge in [0.1, 0.15) is 0 Å². The molecule has 2 aliphatic rings. The van der Waals surface area contributed by atoms with Crippen LogP contribution in [0.1, 0.15) is 40.7 Å². The molecule has 2 atom stereocenters. The number of amides is 1. The van der Waals surface area contributed by atoms with Gasteiger partial charge in [-0.2, -0.15) is 0 Å². The average Bonchev–Trinajstić information content (AvgIpc) is 2.90. The van der Waals surface area contributed by atoms with Crippen molar-refractivity contribution in [1.82, 2.24) is 9.80 Å². The van der Waals surface area contributed by atoms with E-state index in [1.54, 1.807) is 19.0 Å². The maximum Gasteiger partial charge on any atom is 0.253 e. The molecule has 26 heavy (non-hydrogen) atoms. The van der Waals surface area contributed by atoms with Crippen molar-refractivity contribution in [2.75, 3.05) is 14.1 Å². The maximum absolute atomic E-state index is 12.1. The van der Waals surface area contributed by atoms with E-state index in [0.717, 1.165) is 18.5 Å². The standard InChI is InChI=1S/C23H26N2O/c1-24(2)23(26)19-10-8-18(9-11-19)20-14-21-12-13-22(15-20)25(21)16-17-6-4-3-5-7-17/h3-11,14,21-22H,12-13,15-16H2,1-2H3. The van der Waals surface area contributed by atoms with Crippen molar-refractivity contribution in [3.63, 3.8) is 0 Å². The zero-order valence-corrected chi connectivity index (χ0v) is 15.6. The summed E-state index contributed by atoms with van der Waals surface area (Å²) in [5.74, 6) is 0.0586. The second-order valence-corrected chi connectivity index (χ2v) is 7.63. The number of carbonyl (C=O) groups is 1. The SMILES string of the molecule is CN(C)C(=O)c1ccc(C2=CC3CCC(C2)N3Cc2ccccc2)cc1. The van der Waals surface area contributed by atoms with Crippen molar-refractivity contribution in [2.45, 2.75) is 37.9 Å². The molecule has 2 unspecified atom stereocenters. The lowest BCUT2D eigenvalue weighted by molar-refractivity contribution is 0.0827. The molecule has 0 N–H and O–H groups in total. The molecular weight excluding hydrogens is 320 g/mol. The lowest BCUT2D eigenvalue weighted by Gasteiger charge is -2.34. The Hall–Kier alpha value is -2.39. The van der Waals surface area contributed by atoms with E-state index in [9.17, 15) is 4.79 Å². The molecular formula is C23H26N2O. The number of nitrogens with zero attached hydrogens (tertiary/aromatic N) is 2. The number of carbonyl (C=O) groups excluding carboxylic acids is 1. The Labute approximate surface area is 155 Å². The van der Waals surface area contributed by atoms with Gasteiger partial charge in [-0.1, -0.05) is 48.5 Å². The maximum atomic E-state index is 12.1. The van der Waals surface area contributed by atoms with Gasteiger partial charge in [-0.05, 0) is 48.1 Å². The summed E-state index contributed by atoms with van der Waals surface area (Å²) in [6.45, 7) is 1.04. The fourth-order valence-corrected chi connectivity index (χ4v) is 4.26. The van der Waals surface area contributed by atoms with E-state index in [1.165, 1.54) is 29.5 Å². The summed E-state index contributed by atoms with van der Waals surface area (Å²) < 4.78 is 0. The average molecular weight is 346 g/mol. The molecule has 0 saturated carbocycles. The summed E-state index contributed by atoms with van der Waals surface area (Å²) in [5, 5.41) is 0. The molecule has 0 spiro atoms. The first-order valence-electron chi connectivity index (χ1n) is 9.44. The van der Waals surface area contributed by atoms with Crippen LogP contribution in [0.4, 0.5) is 0 Å². The Bertz CT molecular complexity index is 808. The lowest BCUT2D eigenvalue weighted by atomic mass is 9.93. The van der Waals surface area contributed by atoms with Gasteiger partial charge in [0.2, 0.25) is 0 Å². The lowest BCUT2D eigenvalue weighted by Crippen LogP contribution is -2.37. The normalized spacial score (nSPS) is 22.2. The van der Waals surface area contributed by atoms with Crippen molar-refractivity contribution in [3.05, 3.63) is 77.4 Å². The quantitative estimate of drug-likeness (QED) is 0.828. The third kappa shape index (κ3) is 3.32. The van der Waals surface area contributed by atoms with Crippen molar-refractivity contribution >= 4 is 11.5 Å². The molecule has 2 bridgehead atoms. The Kier molecular flexibility index (Phi) is 4.64. The predicted molar refractivity (Wildman–Crippen MR) is 106 cm³/mol. The number of rotatable bonds is 4. The first kappa shape index (κ1) is 17.0. The largest absolute Gasteiger partial charge is 0.345 e. The summed E-state index contributed by atoms with van der Waals surface area (Å²) in [7, 11) is 3.58. The molecule has 2 aromatic rings. The summed E-state index contributed by atoms with van der Waals surface area (Å²) >= 11 is 0. The summed E-state index contributed by atoms with van der Waals surface area (Å²) in [4.78, 5) is 16.3. The van der Waals surface area contributed by atoms with Gasteiger partial charge >= 0.3 is 0 Å². The van der Waals surface area contributed by atoms with Crippen LogP contribution in [-0.4, -0.2) is 41.9 Å². The van der Waals surface area contributed by atoms with E-state index in [4.69, 9.17) is 0 Å². The zero-order valence-electron chi connectivity index (χ0n) is 15.6. The molecule has 3 nitrogen and oxygen atoms in total. The van der Waals surface area contributed by atoms with E-state index >= 15 is 0 Å². The van der Waals surface area contributed by atoms with Crippen molar-refractivity contribution in [1.29, 1.82) is 0 Å². The van der Waals surface area contributed by atoms with Gasteiger partial charge in [0, 0.05) is 38.3 Å². The molecule has 3 heteroatoms. The van der Waals surface area contributed by atoms with Crippen LogP contribution in [0.3, 0.4) is 0 Å². The fraction of sp³-hybridized carbons (Fsp3) is 0.348. The smallest absolute Gasteiger partial charge is 0.253 e. The van der Waals surface area contributed by atoms with Crippen LogP contribution >= 0.6 is 0 Å². The van der Waals surface area contributed by atoms with Crippen LogP contribution in [0.5, 0.6) is 0 Å². The van der Waals surface area contributed by atoms with Crippen molar-refractivity contribution in [3.8, 4) is 0 Å². The second-order valence-electron chi connectivity index (χ2n) is 7.63. The van der Waals surface area contributed by atoms with Gasteiger partial charge in [0.25, 0.3) is 5.91 Å². The first-order valence-corrected chi connectivity index (χ1v) is 9.44. The van der Waals surface area contributed by atoms with Crippen LogP contribution in [0, 0.1) is 0 Å². The highest BCUT2D eigenvalue weighted by Gasteiger charge is 2.36. The molecule has 134 valence electrons. The van der Waals surface area contributed by atoms with Crippen LogP contribution in [-0.2, 0) is 6.54 Å². The van der Waals surface area contributed by atoms with E-state index in [2.05, 4.69) is 53.4 Å². The minimum absolute atomic E-state index is 0.0586. The van der Waals surface area contributed by atoms with Crippen LogP contribution in [0.25, 0.3) is 5.57 Å². The minimum Gasteiger partial charge on any atom is -0.345 e. The highest BCUT2D eigenvalue weighted by molar-refractivity contribution is 5.94. The highest BCUT2D eigenvalue weighted by atomic mass is 16.2. The zero-order chi connectivity index (χ0) is 18.1. The van der Waals surface area contributed by atoms with Crippen LogP contribution in [0.15, 0.2) is 60.7 Å². The first-order chi connectivity index (χ1) is 12.6. The van der Waals surface area contributed by atoms with Gasteiger partial charge in [-0.3, -0.25) is 9.69 Å². The van der Waals surface area contributed by atoms with E-state index in [-0.39, 0.29) is 5.91 Å². The second kappa shape index (κ2) is 7.08. The highest BCUT2D eigenvalue weighted by Crippen LogP contribution is 2.39. The monoisotopic (exact) mass is 346 g/mol. The molecule has 4 rings (SSSR count).